The molecule has 0 fully saturated rings. The molecule has 0 saturated carbocycles. The molecule has 0 spiro atoms. The van der Waals surface area contributed by atoms with Crippen molar-refractivity contribution in [3.8, 4) is 0 Å². The number of nitrogens with zero attached hydrogens (tertiary/aromatic N) is 1. The monoisotopic (exact) mass is 210 g/mol. The van der Waals surface area contributed by atoms with Crippen molar-refractivity contribution in [1.29, 1.82) is 0 Å². The van der Waals surface area contributed by atoms with Gasteiger partial charge in [-0.15, -0.1) is 0 Å². The van der Waals surface area contributed by atoms with E-state index < -0.39 is 11.6 Å². The number of anilines is 1. The van der Waals surface area contributed by atoms with Gasteiger partial charge in [0.1, 0.15) is 0 Å². The minimum atomic E-state index is -1.77. The van der Waals surface area contributed by atoms with Gasteiger partial charge >= 0.3 is 5.97 Å². The average Bonchev–Trinajstić information content (AvgIpc) is 2.15. The van der Waals surface area contributed by atoms with Crippen LogP contribution in [-0.2, 0) is 4.79 Å². The van der Waals surface area contributed by atoms with Crippen LogP contribution in [0.4, 0.5) is 5.69 Å². The summed E-state index contributed by atoms with van der Waals surface area (Å²) >= 11 is 0. The minimum absolute atomic E-state index is 0.0498. The van der Waals surface area contributed by atoms with Crippen LogP contribution in [0.25, 0.3) is 0 Å². The predicted octanol–water partition coefficient (Wildman–Crippen LogP) is 0.638. The second-order valence-electron chi connectivity index (χ2n) is 3.62. The Morgan fingerprint density at radius 3 is 2.87 bits per heavy atom. The van der Waals surface area contributed by atoms with Crippen LogP contribution >= 0.6 is 0 Å². The highest BCUT2D eigenvalue weighted by Crippen LogP contribution is 2.10. The number of carboxylic acids is 1. The van der Waals surface area contributed by atoms with Crippen LogP contribution in [0.3, 0.4) is 0 Å². The summed E-state index contributed by atoms with van der Waals surface area (Å²) in [5, 5.41) is 21.0. The maximum absolute atomic E-state index is 10.6. The van der Waals surface area contributed by atoms with Gasteiger partial charge in [0.25, 0.3) is 0 Å². The molecule has 15 heavy (non-hydrogen) atoms. The number of aryl methyl sites for hydroxylation is 1. The summed E-state index contributed by atoms with van der Waals surface area (Å²) in [6, 6.07) is 3.49. The fourth-order valence-corrected chi connectivity index (χ4v) is 1.01. The minimum Gasteiger partial charge on any atom is -0.479 e. The van der Waals surface area contributed by atoms with Gasteiger partial charge in [-0.05, 0) is 26.0 Å². The molecule has 1 heterocycles. The summed E-state index contributed by atoms with van der Waals surface area (Å²) in [5.41, 5.74) is -0.198. The van der Waals surface area contributed by atoms with Gasteiger partial charge in [-0.1, -0.05) is 0 Å². The Kier molecular flexibility index (Phi) is 3.26. The second-order valence-corrected chi connectivity index (χ2v) is 3.62. The standard InChI is InChI=1S/C10H14N2O3/c1-7-5-8(3-4-11-7)12-6-10(2,15)9(13)14/h3-5,15H,6H2,1-2H3,(H,11,12)(H,13,14). The Hall–Kier alpha value is -1.62. The molecule has 0 aromatic carbocycles. The van der Waals surface area contributed by atoms with E-state index in [4.69, 9.17) is 5.11 Å². The molecule has 0 aliphatic carbocycles. The molecule has 0 saturated heterocycles. The summed E-state index contributed by atoms with van der Waals surface area (Å²) in [7, 11) is 0. The van der Waals surface area contributed by atoms with Gasteiger partial charge in [0.2, 0.25) is 0 Å². The molecule has 5 heteroatoms. The lowest BCUT2D eigenvalue weighted by Crippen LogP contribution is -2.41. The third-order valence-corrected chi connectivity index (χ3v) is 1.99. The number of aliphatic hydroxyl groups is 1. The topological polar surface area (TPSA) is 82.5 Å². The number of rotatable bonds is 4. The first-order valence-electron chi connectivity index (χ1n) is 4.54. The van der Waals surface area contributed by atoms with Crippen LogP contribution in [0.5, 0.6) is 0 Å². The first-order chi connectivity index (χ1) is 6.92. The molecule has 0 bridgehead atoms. The average molecular weight is 210 g/mol. The SMILES string of the molecule is Cc1cc(NCC(C)(O)C(=O)O)ccn1. The van der Waals surface area contributed by atoms with Crippen molar-refractivity contribution in [2.75, 3.05) is 11.9 Å². The Labute approximate surface area is 87.8 Å². The number of hydrogen-bond donors (Lipinski definition) is 3. The third-order valence-electron chi connectivity index (χ3n) is 1.99. The lowest BCUT2D eigenvalue weighted by atomic mass is 10.1. The van der Waals surface area contributed by atoms with E-state index in [-0.39, 0.29) is 6.54 Å². The largest absolute Gasteiger partial charge is 0.479 e. The van der Waals surface area contributed by atoms with Crippen LogP contribution in [0.2, 0.25) is 0 Å². The van der Waals surface area contributed by atoms with Crippen molar-refractivity contribution in [3.63, 3.8) is 0 Å². The van der Waals surface area contributed by atoms with Crippen molar-refractivity contribution in [1.82, 2.24) is 4.98 Å². The molecule has 0 aliphatic heterocycles. The summed E-state index contributed by atoms with van der Waals surface area (Å²) < 4.78 is 0. The predicted molar refractivity (Wildman–Crippen MR) is 55.7 cm³/mol. The van der Waals surface area contributed by atoms with Gasteiger partial charge in [0.15, 0.2) is 5.60 Å². The highest BCUT2D eigenvalue weighted by Gasteiger charge is 2.29. The van der Waals surface area contributed by atoms with Gasteiger partial charge < -0.3 is 15.5 Å². The van der Waals surface area contributed by atoms with Gasteiger partial charge in [-0.25, -0.2) is 4.79 Å². The second kappa shape index (κ2) is 4.27. The lowest BCUT2D eigenvalue weighted by molar-refractivity contribution is -0.155. The zero-order valence-corrected chi connectivity index (χ0v) is 8.69. The molecule has 82 valence electrons. The highest BCUT2D eigenvalue weighted by atomic mass is 16.4. The number of nitrogens with one attached hydrogen (secondary N) is 1. The summed E-state index contributed by atoms with van der Waals surface area (Å²) in [4.78, 5) is 14.6. The number of aliphatic carboxylic acids is 1. The van der Waals surface area contributed by atoms with E-state index in [1.54, 1.807) is 18.3 Å². The quantitative estimate of drug-likeness (QED) is 0.679. The van der Waals surface area contributed by atoms with Crippen LogP contribution in [0, 0.1) is 6.92 Å². The van der Waals surface area contributed by atoms with E-state index in [0.29, 0.717) is 0 Å². The number of carbonyl (C=O) groups is 1. The molecular weight excluding hydrogens is 196 g/mol. The van der Waals surface area contributed by atoms with E-state index in [9.17, 15) is 9.90 Å². The Morgan fingerprint density at radius 2 is 2.33 bits per heavy atom. The molecule has 0 aliphatic rings. The molecule has 5 nitrogen and oxygen atoms in total. The summed E-state index contributed by atoms with van der Waals surface area (Å²) in [6.07, 6.45) is 1.62. The van der Waals surface area contributed by atoms with Gasteiger partial charge in [0.05, 0.1) is 6.54 Å². The highest BCUT2D eigenvalue weighted by molar-refractivity contribution is 5.77. The molecular formula is C10H14N2O3. The molecule has 0 radical (unpaired) electrons. The first-order valence-corrected chi connectivity index (χ1v) is 4.54. The van der Waals surface area contributed by atoms with Crippen molar-refractivity contribution in [2.45, 2.75) is 19.4 Å². The van der Waals surface area contributed by atoms with Crippen LogP contribution < -0.4 is 5.32 Å². The zero-order valence-electron chi connectivity index (χ0n) is 8.69. The molecule has 0 amide bonds. The maximum atomic E-state index is 10.6. The number of pyridine rings is 1. The third kappa shape index (κ3) is 3.21. The summed E-state index contributed by atoms with van der Waals surface area (Å²) in [6.45, 7) is 3.03. The van der Waals surface area contributed by atoms with E-state index >= 15 is 0 Å². The van der Waals surface area contributed by atoms with E-state index in [1.165, 1.54) is 6.92 Å². The number of hydrogen-bond acceptors (Lipinski definition) is 4. The Bertz CT molecular complexity index is 363. The smallest absolute Gasteiger partial charge is 0.337 e. The summed E-state index contributed by atoms with van der Waals surface area (Å²) in [5.74, 6) is -1.25. The zero-order chi connectivity index (χ0) is 11.5. The number of aromatic nitrogens is 1. The van der Waals surface area contributed by atoms with Gasteiger partial charge in [-0.2, -0.15) is 0 Å². The molecule has 1 rings (SSSR count). The van der Waals surface area contributed by atoms with Crippen molar-refractivity contribution in [2.24, 2.45) is 0 Å². The van der Waals surface area contributed by atoms with Crippen LogP contribution in [0.15, 0.2) is 18.3 Å². The van der Waals surface area contributed by atoms with Crippen molar-refractivity contribution < 1.29 is 15.0 Å². The van der Waals surface area contributed by atoms with Gasteiger partial charge in [-0.3, -0.25) is 4.98 Å². The molecule has 1 aromatic rings. The number of carboxylic acid groups (broad SMARTS) is 1. The molecule has 3 N–H and O–H groups in total. The molecule has 1 unspecified atom stereocenters. The maximum Gasteiger partial charge on any atom is 0.337 e. The Balaban J connectivity index is 2.61. The Morgan fingerprint density at radius 1 is 1.67 bits per heavy atom. The van der Waals surface area contributed by atoms with E-state index in [1.807, 2.05) is 6.92 Å². The fraction of sp³-hybridized carbons (Fsp3) is 0.400. The fourth-order valence-electron chi connectivity index (χ4n) is 1.01. The first kappa shape index (κ1) is 11.5. The van der Waals surface area contributed by atoms with E-state index in [2.05, 4.69) is 10.3 Å². The van der Waals surface area contributed by atoms with Crippen LogP contribution in [-0.4, -0.2) is 33.3 Å². The molecule has 1 aromatic heterocycles. The normalized spacial score (nSPS) is 14.3. The van der Waals surface area contributed by atoms with Crippen molar-refractivity contribution in [3.05, 3.63) is 24.0 Å². The van der Waals surface area contributed by atoms with Crippen molar-refractivity contribution >= 4 is 11.7 Å². The van der Waals surface area contributed by atoms with Crippen LogP contribution in [0.1, 0.15) is 12.6 Å². The van der Waals surface area contributed by atoms with E-state index in [0.717, 1.165) is 11.4 Å². The molecule has 1 atom stereocenters. The lowest BCUT2D eigenvalue weighted by Gasteiger charge is -2.19. The van der Waals surface area contributed by atoms with Gasteiger partial charge in [0, 0.05) is 17.6 Å².